The number of rotatable bonds is 3. The molecule has 0 saturated carbocycles. The van der Waals surface area contributed by atoms with Gasteiger partial charge in [-0.3, -0.25) is 4.79 Å². The van der Waals surface area contributed by atoms with Crippen LogP contribution >= 0.6 is 0 Å². The van der Waals surface area contributed by atoms with Crippen LogP contribution in [0.4, 0.5) is 4.39 Å². The summed E-state index contributed by atoms with van der Waals surface area (Å²) in [6.45, 7) is 0. The highest BCUT2D eigenvalue weighted by Crippen LogP contribution is 2.07. The van der Waals surface area contributed by atoms with E-state index in [0.717, 1.165) is 0 Å². The fourth-order valence-corrected chi connectivity index (χ4v) is 0.968. The van der Waals surface area contributed by atoms with Crippen molar-refractivity contribution in [3.05, 3.63) is 47.9 Å². The molecule has 0 spiro atoms. The summed E-state index contributed by atoms with van der Waals surface area (Å²) in [7, 11) is 3.59. The maximum Gasteiger partial charge on any atom is 0.190 e. The molecule has 0 unspecified atom stereocenters. The molecule has 0 bridgehead atoms. The summed E-state index contributed by atoms with van der Waals surface area (Å²) in [5, 5.41) is 0. The number of nitrogens with zero attached hydrogens (tertiary/aromatic N) is 1. The molecule has 14 heavy (non-hydrogen) atoms. The normalized spacial score (nSPS) is 10.5. The molecule has 0 radical (unpaired) electrons. The first kappa shape index (κ1) is 10.4. The van der Waals surface area contributed by atoms with Crippen molar-refractivity contribution < 1.29 is 9.18 Å². The minimum atomic E-state index is -0.485. The third kappa shape index (κ3) is 2.69. The van der Waals surface area contributed by atoms with Crippen molar-refractivity contribution in [2.75, 3.05) is 14.1 Å². The van der Waals surface area contributed by atoms with Gasteiger partial charge in [0.05, 0.1) is 5.56 Å². The Labute approximate surface area is 82.7 Å². The van der Waals surface area contributed by atoms with Crippen LogP contribution in [-0.4, -0.2) is 24.8 Å². The zero-order chi connectivity index (χ0) is 10.6. The molecule has 1 aromatic carbocycles. The summed E-state index contributed by atoms with van der Waals surface area (Å²) >= 11 is 0. The maximum absolute atomic E-state index is 13.1. The molecule has 0 N–H and O–H groups in total. The van der Waals surface area contributed by atoms with Gasteiger partial charge in [0.15, 0.2) is 5.78 Å². The van der Waals surface area contributed by atoms with Crippen molar-refractivity contribution in [2.24, 2.45) is 0 Å². The van der Waals surface area contributed by atoms with Gasteiger partial charge in [0.2, 0.25) is 0 Å². The molecule has 0 aliphatic rings. The molecule has 0 heterocycles. The van der Waals surface area contributed by atoms with Crippen LogP contribution in [0, 0.1) is 5.82 Å². The minimum Gasteiger partial charge on any atom is -0.383 e. The van der Waals surface area contributed by atoms with E-state index in [9.17, 15) is 9.18 Å². The van der Waals surface area contributed by atoms with Gasteiger partial charge in [-0.15, -0.1) is 0 Å². The Morgan fingerprint density at radius 3 is 2.57 bits per heavy atom. The number of hydrogen-bond donors (Lipinski definition) is 0. The Kier molecular flexibility index (Phi) is 3.40. The second-order valence-electron chi connectivity index (χ2n) is 3.12. The van der Waals surface area contributed by atoms with Gasteiger partial charge < -0.3 is 4.90 Å². The van der Waals surface area contributed by atoms with Crippen LogP contribution in [0.2, 0.25) is 0 Å². The summed E-state index contributed by atoms with van der Waals surface area (Å²) in [6, 6.07) is 5.94. The quantitative estimate of drug-likeness (QED) is 0.541. The monoisotopic (exact) mass is 193 g/mol. The van der Waals surface area contributed by atoms with Crippen molar-refractivity contribution in [3.8, 4) is 0 Å². The predicted octanol–water partition coefficient (Wildman–Crippen LogP) is 2.08. The van der Waals surface area contributed by atoms with E-state index in [2.05, 4.69) is 0 Å². The Morgan fingerprint density at radius 1 is 1.36 bits per heavy atom. The SMILES string of the molecule is CN(C)/C=C/C(=O)c1ccccc1F. The molecule has 2 nitrogen and oxygen atoms in total. The minimum absolute atomic E-state index is 0.102. The molecule has 1 aromatic rings. The van der Waals surface area contributed by atoms with Gasteiger partial charge in [0, 0.05) is 26.4 Å². The Morgan fingerprint density at radius 2 is 2.00 bits per heavy atom. The van der Waals surface area contributed by atoms with Gasteiger partial charge in [0.25, 0.3) is 0 Å². The van der Waals surface area contributed by atoms with E-state index >= 15 is 0 Å². The topological polar surface area (TPSA) is 20.3 Å². The first-order valence-electron chi connectivity index (χ1n) is 4.25. The van der Waals surface area contributed by atoms with E-state index in [4.69, 9.17) is 0 Å². The first-order chi connectivity index (χ1) is 6.61. The highest BCUT2D eigenvalue weighted by Gasteiger charge is 2.06. The van der Waals surface area contributed by atoms with Gasteiger partial charge in [-0.2, -0.15) is 0 Å². The fraction of sp³-hybridized carbons (Fsp3) is 0.182. The third-order valence-electron chi connectivity index (χ3n) is 1.66. The van der Waals surface area contributed by atoms with Crippen molar-refractivity contribution in [3.63, 3.8) is 0 Å². The van der Waals surface area contributed by atoms with Gasteiger partial charge in [-0.25, -0.2) is 4.39 Å². The Balaban J connectivity index is 2.85. The Hall–Kier alpha value is -1.64. The predicted molar refractivity (Wildman–Crippen MR) is 53.6 cm³/mol. The molecular weight excluding hydrogens is 181 g/mol. The second kappa shape index (κ2) is 4.56. The summed E-state index contributed by atoms with van der Waals surface area (Å²) in [5.74, 6) is -0.808. The zero-order valence-corrected chi connectivity index (χ0v) is 8.20. The fourth-order valence-electron chi connectivity index (χ4n) is 0.968. The summed E-state index contributed by atoms with van der Waals surface area (Å²) < 4.78 is 13.1. The van der Waals surface area contributed by atoms with Crippen LogP contribution in [0.15, 0.2) is 36.5 Å². The van der Waals surface area contributed by atoms with E-state index in [1.165, 1.54) is 18.2 Å². The standard InChI is InChI=1S/C11H12FNO/c1-13(2)8-7-11(14)9-5-3-4-6-10(9)12/h3-8H,1-2H3/b8-7+. The molecule has 0 aliphatic carbocycles. The number of hydrogen-bond acceptors (Lipinski definition) is 2. The third-order valence-corrected chi connectivity index (χ3v) is 1.66. The van der Waals surface area contributed by atoms with Gasteiger partial charge in [-0.1, -0.05) is 12.1 Å². The molecule has 0 saturated heterocycles. The van der Waals surface area contributed by atoms with Crippen LogP contribution in [-0.2, 0) is 0 Å². The van der Waals surface area contributed by atoms with Gasteiger partial charge in [-0.05, 0) is 12.1 Å². The average Bonchev–Trinajstić information content (AvgIpc) is 2.15. The van der Waals surface area contributed by atoms with Gasteiger partial charge in [0.1, 0.15) is 5.82 Å². The zero-order valence-electron chi connectivity index (χ0n) is 8.20. The lowest BCUT2D eigenvalue weighted by atomic mass is 10.1. The van der Waals surface area contributed by atoms with Crippen molar-refractivity contribution >= 4 is 5.78 Å². The van der Waals surface area contributed by atoms with Crippen molar-refractivity contribution in [1.82, 2.24) is 4.90 Å². The summed E-state index contributed by atoms with van der Waals surface area (Å²) in [4.78, 5) is 13.1. The molecule has 0 aliphatic heterocycles. The van der Waals surface area contributed by atoms with Crippen LogP contribution < -0.4 is 0 Å². The van der Waals surface area contributed by atoms with E-state index in [1.807, 2.05) is 0 Å². The smallest absolute Gasteiger partial charge is 0.190 e. The maximum atomic E-state index is 13.1. The van der Waals surface area contributed by atoms with Crippen LogP contribution in [0.5, 0.6) is 0 Å². The largest absolute Gasteiger partial charge is 0.383 e. The lowest BCUT2D eigenvalue weighted by Gasteiger charge is -2.03. The lowest BCUT2D eigenvalue weighted by Crippen LogP contribution is -2.04. The van der Waals surface area contributed by atoms with Crippen molar-refractivity contribution in [1.29, 1.82) is 0 Å². The van der Waals surface area contributed by atoms with Crippen LogP contribution in [0.1, 0.15) is 10.4 Å². The van der Waals surface area contributed by atoms with Crippen LogP contribution in [0.25, 0.3) is 0 Å². The molecule has 0 fully saturated rings. The van der Waals surface area contributed by atoms with E-state index < -0.39 is 5.82 Å². The molecule has 0 atom stereocenters. The number of carbonyl (C=O) groups is 1. The summed E-state index contributed by atoms with van der Waals surface area (Å²) in [5.41, 5.74) is 0.102. The number of benzene rings is 1. The number of allylic oxidation sites excluding steroid dienone is 1. The average molecular weight is 193 g/mol. The molecular formula is C11H12FNO. The second-order valence-corrected chi connectivity index (χ2v) is 3.12. The lowest BCUT2D eigenvalue weighted by molar-refractivity contribution is 0.104. The van der Waals surface area contributed by atoms with E-state index in [1.54, 1.807) is 37.3 Å². The Bertz CT molecular complexity index is 358. The number of ketones is 1. The summed E-state index contributed by atoms with van der Waals surface area (Å²) in [6.07, 6.45) is 2.94. The van der Waals surface area contributed by atoms with Gasteiger partial charge >= 0.3 is 0 Å². The van der Waals surface area contributed by atoms with E-state index in [0.29, 0.717) is 0 Å². The molecule has 74 valence electrons. The first-order valence-corrected chi connectivity index (χ1v) is 4.25. The number of carbonyl (C=O) groups excluding carboxylic acids is 1. The molecule has 0 amide bonds. The van der Waals surface area contributed by atoms with Crippen molar-refractivity contribution in [2.45, 2.75) is 0 Å². The number of halogens is 1. The molecule has 0 aromatic heterocycles. The highest BCUT2D eigenvalue weighted by atomic mass is 19.1. The van der Waals surface area contributed by atoms with E-state index in [-0.39, 0.29) is 11.3 Å². The molecule has 1 rings (SSSR count). The van der Waals surface area contributed by atoms with Crippen LogP contribution in [0.3, 0.4) is 0 Å². The highest BCUT2D eigenvalue weighted by molar-refractivity contribution is 6.04. The molecule has 3 heteroatoms.